The van der Waals surface area contributed by atoms with E-state index in [1.165, 1.54) is 0 Å². The third-order valence-corrected chi connectivity index (χ3v) is 5.25. The first-order valence-corrected chi connectivity index (χ1v) is 7.59. The van der Waals surface area contributed by atoms with Crippen LogP contribution in [0.2, 0.25) is 0 Å². The van der Waals surface area contributed by atoms with Crippen molar-refractivity contribution in [2.45, 2.75) is 37.8 Å². The molecule has 2 aliphatic rings. The molecule has 0 spiro atoms. The second-order valence-corrected chi connectivity index (χ2v) is 7.08. The van der Waals surface area contributed by atoms with Crippen molar-refractivity contribution in [2.75, 3.05) is 24.6 Å². The molecule has 88 valence electrons. The number of sulfone groups is 1. The number of rotatable bonds is 1. The Balaban J connectivity index is 1.90. The molecule has 2 heterocycles. The lowest BCUT2D eigenvalue weighted by Gasteiger charge is -2.38. The standard InChI is InChI=1S/C10H20N2O2S/c11-9-2-1-5-12(8-9)10-3-6-15(13,14)7-4-10/h9-10H,1-8,11H2/t9-/m0/s1. The van der Waals surface area contributed by atoms with Gasteiger partial charge in [0.05, 0.1) is 11.5 Å². The van der Waals surface area contributed by atoms with E-state index >= 15 is 0 Å². The predicted molar refractivity (Wildman–Crippen MR) is 60.5 cm³/mol. The summed E-state index contributed by atoms with van der Waals surface area (Å²) in [5, 5.41) is 0. The molecule has 0 aliphatic carbocycles. The average molecular weight is 232 g/mol. The van der Waals surface area contributed by atoms with E-state index in [1.807, 2.05) is 0 Å². The first-order valence-electron chi connectivity index (χ1n) is 5.77. The molecular formula is C10H20N2O2S. The van der Waals surface area contributed by atoms with Crippen molar-refractivity contribution in [3.63, 3.8) is 0 Å². The molecule has 4 nitrogen and oxygen atoms in total. The van der Waals surface area contributed by atoms with Crippen molar-refractivity contribution in [1.82, 2.24) is 4.90 Å². The Kier molecular flexibility index (Phi) is 3.33. The van der Waals surface area contributed by atoms with E-state index in [4.69, 9.17) is 5.73 Å². The number of hydrogen-bond acceptors (Lipinski definition) is 4. The van der Waals surface area contributed by atoms with Gasteiger partial charge in [-0.05, 0) is 32.2 Å². The van der Waals surface area contributed by atoms with Gasteiger partial charge in [0.2, 0.25) is 0 Å². The lowest BCUT2D eigenvalue weighted by Crippen LogP contribution is -2.49. The normalized spacial score (nSPS) is 34.1. The molecule has 2 saturated heterocycles. The minimum absolute atomic E-state index is 0.289. The van der Waals surface area contributed by atoms with Crippen LogP contribution in [0.1, 0.15) is 25.7 Å². The third kappa shape index (κ3) is 2.92. The molecule has 0 aromatic heterocycles. The first-order chi connectivity index (χ1) is 7.07. The number of nitrogens with zero attached hydrogens (tertiary/aromatic N) is 1. The van der Waals surface area contributed by atoms with Gasteiger partial charge in [0, 0.05) is 18.6 Å². The molecule has 2 aliphatic heterocycles. The van der Waals surface area contributed by atoms with Crippen LogP contribution in [0.25, 0.3) is 0 Å². The lowest BCUT2D eigenvalue weighted by atomic mass is 10.0. The van der Waals surface area contributed by atoms with Gasteiger partial charge in [-0.1, -0.05) is 0 Å². The van der Waals surface area contributed by atoms with Crippen LogP contribution in [-0.2, 0) is 9.84 Å². The fraction of sp³-hybridized carbons (Fsp3) is 1.00. The summed E-state index contributed by atoms with van der Waals surface area (Å²) in [5.41, 5.74) is 5.93. The highest BCUT2D eigenvalue weighted by Crippen LogP contribution is 2.21. The van der Waals surface area contributed by atoms with Crippen LogP contribution >= 0.6 is 0 Å². The minimum atomic E-state index is -2.73. The summed E-state index contributed by atoms with van der Waals surface area (Å²) in [6, 6.07) is 0.747. The van der Waals surface area contributed by atoms with Crippen LogP contribution in [0, 0.1) is 0 Å². The molecule has 0 bridgehead atoms. The fourth-order valence-corrected chi connectivity index (χ4v) is 4.08. The van der Waals surface area contributed by atoms with Crippen molar-refractivity contribution in [1.29, 1.82) is 0 Å². The molecule has 2 rings (SSSR count). The highest BCUT2D eigenvalue weighted by Gasteiger charge is 2.29. The zero-order valence-corrected chi connectivity index (χ0v) is 9.88. The SMILES string of the molecule is N[C@H]1CCCN(C2CCS(=O)(=O)CC2)C1. The topological polar surface area (TPSA) is 63.4 Å². The molecule has 0 aromatic rings. The summed E-state index contributed by atoms with van der Waals surface area (Å²) in [6.07, 6.45) is 3.87. The molecule has 0 unspecified atom stereocenters. The smallest absolute Gasteiger partial charge is 0.150 e. The molecule has 2 N–H and O–H groups in total. The predicted octanol–water partition coefficient (Wildman–Crippen LogP) is -0.0133. The monoisotopic (exact) mass is 232 g/mol. The molecule has 0 saturated carbocycles. The maximum Gasteiger partial charge on any atom is 0.150 e. The molecular weight excluding hydrogens is 212 g/mol. The van der Waals surface area contributed by atoms with Crippen molar-refractivity contribution in [3.05, 3.63) is 0 Å². The second-order valence-electron chi connectivity index (χ2n) is 4.78. The summed E-state index contributed by atoms with van der Waals surface area (Å²) in [7, 11) is -2.73. The molecule has 5 heteroatoms. The summed E-state index contributed by atoms with van der Waals surface area (Å²) >= 11 is 0. The van der Waals surface area contributed by atoms with Gasteiger partial charge in [0.1, 0.15) is 9.84 Å². The van der Waals surface area contributed by atoms with Crippen LogP contribution in [0.3, 0.4) is 0 Å². The lowest BCUT2D eigenvalue weighted by molar-refractivity contribution is 0.140. The molecule has 0 radical (unpaired) electrons. The Morgan fingerprint density at radius 3 is 2.40 bits per heavy atom. The first kappa shape index (κ1) is 11.4. The van der Waals surface area contributed by atoms with E-state index in [2.05, 4.69) is 4.90 Å². The maximum absolute atomic E-state index is 11.3. The van der Waals surface area contributed by atoms with Crippen LogP contribution in [0.4, 0.5) is 0 Å². The largest absolute Gasteiger partial charge is 0.327 e. The number of hydrogen-bond donors (Lipinski definition) is 1. The molecule has 15 heavy (non-hydrogen) atoms. The van der Waals surface area contributed by atoms with E-state index in [0.717, 1.165) is 38.8 Å². The number of likely N-dealkylation sites (tertiary alicyclic amines) is 1. The van der Waals surface area contributed by atoms with E-state index in [0.29, 0.717) is 17.5 Å². The van der Waals surface area contributed by atoms with E-state index < -0.39 is 9.84 Å². The van der Waals surface area contributed by atoms with Gasteiger partial charge in [-0.15, -0.1) is 0 Å². The zero-order valence-electron chi connectivity index (χ0n) is 9.06. The van der Waals surface area contributed by atoms with Crippen LogP contribution < -0.4 is 5.73 Å². The highest BCUT2D eigenvalue weighted by atomic mass is 32.2. The summed E-state index contributed by atoms with van der Waals surface area (Å²) < 4.78 is 22.6. The number of piperidine rings is 1. The van der Waals surface area contributed by atoms with Gasteiger partial charge >= 0.3 is 0 Å². The van der Waals surface area contributed by atoms with E-state index in [1.54, 1.807) is 0 Å². The molecule has 0 amide bonds. The Labute approximate surface area is 91.7 Å². The number of nitrogens with two attached hydrogens (primary N) is 1. The van der Waals surface area contributed by atoms with E-state index in [9.17, 15) is 8.42 Å². The minimum Gasteiger partial charge on any atom is -0.327 e. The maximum atomic E-state index is 11.3. The zero-order chi connectivity index (χ0) is 10.9. The second kappa shape index (κ2) is 4.39. The van der Waals surface area contributed by atoms with Crippen molar-refractivity contribution >= 4 is 9.84 Å². The third-order valence-electron chi connectivity index (χ3n) is 3.53. The van der Waals surface area contributed by atoms with Gasteiger partial charge in [0.25, 0.3) is 0 Å². The van der Waals surface area contributed by atoms with Gasteiger partial charge in [-0.25, -0.2) is 8.42 Å². The summed E-state index contributed by atoms with van der Waals surface area (Å²) in [5.74, 6) is 0.729. The Morgan fingerprint density at radius 1 is 1.13 bits per heavy atom. The van der Waals surface area contributed by atoms with Gasteiger partial charge in [-0.3, -0.25) is 4.90 Å². The van der Waals surface area contributed by atoms with Crippen LogP contribution in [0.5, 0.6) is 0 Å². The van der Waals surface area contributed by atoms with Gasteiger partial charge in [0.15, 0.2) is 0 Å². The van der Waals surface area contributed by atoms with Crippen molar-refractivity contribution in [2.24, 2.45) is 5.73 Å². The Bertz CT molecular complexity index is 301. The fourth-order valence-electron chi connectivity index (χ4n) is 2.61. The van der Waals surface area contributed by atoms with E-state index in [-0.39, 0.29) is 6.04 Å². The van der Waals surface area contributed by atoms with Crippen LogP contribution in [-0.4, -0.2) is 50.0 Å². The summed E-state index contributed by atoms with van der Waals surface area (Å²) in [6.45, 7) is 2.04. The Morgan fingerprint density at radius 2 is 1.80 bits per heavy atom. The quantitative estimate of drug-likeness (QED) is 0.690. The van der Waals surface area contributed by atoms with Crippen LogP contribution in [0.15, 0.2) is 0 Å². The van der Waals surface area contributed by atoms with Crippen molar-refractivity contribution < 1.29 is 8.42 Å². The molecule has 1 atom stereocenters. The highest BCUT2D eigenvalue weighted by molar-refractivity contribution is 7.91. The molecule has 2 fully saturated rings. The Hall–Kier alpha value is -0.130. The summed E-state index contributed by atoms with van der Waals surface area (Å²) in [4.78, 5) is 2.39. The van der Waals surface area contributed by atoms with Crippen molar-refractivity contribution in [3.8, 4) is 0 Å². The van der Waals surface area contributed by atoms with Gasteiger partial charge in [-0.2, -0.15) is 0 Å². The average Bonchev–Trinajstić information content (AvgIpc) is 2.17. The van der Waals surface area contributed by atoms with Gasteiger partial charge < -0.3 is 5.73 Å². The molecule has 0 aromatic carbocycles.